The zero-order valence-electron chi connectivity index (χ0n) is 18.6. The monoisotopic (exact) mass is 481 g/mol. The second-order valence-corrected chi connectivity index (χ2v) is 8.19. The molecule has 2 aromatic heterocycles. The normalized spacial score (nSPS) is 14.3. The summed E-state index contributed by atoms with van der Waals surface area (Å²) in [6.45, 7) is 2.02. The predicted molar refractivity (Wildman–Crippen MR) is 126 cm³/mol. The number of aromatic amines is 1. The number of amides is 1. The third-order valence-corrected chi connectivity index (χ3v) is 5.83. The SMILES string of the molecule is O=C(Cc1cccc2[nH]c(-c3ccc(N4CCOCC4)cc3C(F)(F)F)nc12)Nc1cccnc1. The molecule has 1 fully saturated rings. The Bertz CT molecular complexity index is 1350. The van der Waals surface area contributed by atoms with E-state index in [0.717, 1.165) is 6.07 Å². The number of aromatic nitrogens is 3. The van der Waals surface area contributed by atoms with E-state index in [1.807, 2.05) is 4.90 Å². The van der Waals surface area contributed by atoms with E-state index in [1.54, 1.807) is 42.6 Å². The lowest BCUT2D eigenvalue weighted by molar-refractivity contribution is -0.137. The van der Waals surface area contributed by atoms with Gasteiger partial charge in [-0.1, -0.05) is 12.1 Å². The zero-order chi connectivity index (χ0) is 24.4. The van der Waals surface area contributed by atoms with Crippen molar-refractivity contribution in [1.29, 1.82) is 0 Å². The number of H-pyrrole nitrogens is 1. The molecule has 2 aromatic carbocycles. The highest BCUT2D eigenvalue weighted by Crippen LogP contribution is 2.39. The number of imidazole rings is 1. The Hall–Kier alpha value is -3.92. The Morgan fingerprint density at radius 1 is 1.11 bits per heavy atom. The number of alkyl halides is 3. The molecule has 35 heavy (non-hydrogen) atoms. The van der Waals surface area contributed by atoms with Crippen LogP contribution >= 0.6 is 0 Å². The first-order valence-electron chi connectivity index (χ1n) is 11.1. The first kappa shape index (κ1) is 22.9. The first-order valence-corrected chi connectivity index (χ1v) is 11.1. The van der Waals surface area contributed by atoms with Crippen molar-refractivity contribution >= 4 is 28.3 Å². The lowest BCUT2D eigenvalue weighted by atomic mass is 10.0. The maximum absolute atomic E-state index is 14.1. The number of nitrogens with one attached hydrogen (secondary N) is 2. The molecule has 0 bridgehead atoms. The van der Waals surface area contributed by atoms with Crippen LogP contribution in [0.3, 0.4) is 0 Å². The molecule has 0 spiro atoms. The van der Waals surface area contributed by atoms with Crippen LogP contribution in [-0.2, 0) is 22.1 Å². The van der Waals surface area contributed by atoms with Crippen molar-refractivity contribution in [1.82, 2.24) is 15.0 Å². The summed E-state index contributed by atoms with van der Waals surface area (Å²) >= 11 is 0. The van der Waals surface area contributed by atoms with E-state index in [4.69, 9.17) is 4.74 Å². The number of hydrogen-bond donors (Lipinski definition) is 2. The lowest BCUT2D eigenvalue weighted by Crippen LogP contribution is -2.36. The number of benzene rings is 2. The van der Waals surface area contributed by atoms with Gasteiger partial charge in [0, 0.05) is 30.5 Å². The molecule has 4 aromatic rings. The number of fused-ring (bicyclic) bond motifs is 1. The molecule has 3 heterocycles. The Kier molecular flexibility index (Phi) is 6.12. The molecule has 2 N–H and O–H groups in total. The van der Waals surface area contributed by atoms with Gasteiger partial charge in [-0.25, -0.2) is 4.98 Å². The van der Waals surface area contributed by atoms with E-state index in [-0.39, 0.29) is 23.7 Å². The molecular formula is C25H22F3N5O2. The van der Waals surface area contributed by atoms with Crippen LogP contribution in [0.15, 0.2) is 60.9 Å². The summed E-state index contributed by atoms with van der Waals surface area (Å²) in [5.74, 6) is -0.179. The largest absolute Gasteiger partial charge is 0.417 e. The van der Waals surface area contributed by atoms with Crippen molar-refractivity contribution in [2.45, 2.75) is 12.6 Å². The molecule has 5 rings (SSSR count). The summed E-state index contributed by atoms with van der Waals surface area (Å²) < 4.78 is 47.5. The van der Waals surface area contributed by atoms with Gasteiger partial charge in [0.2, 0.25) is 5.91 Å². The van der Waals surface area contributed by atoms with Crippen LogP contribution in [0, 0.1) is 0 Å². The maximum Gasteiger partial charge on any atom is 0.417 e. The second kappa shape index (κ2) is 9.38. The number of halogens is 3. The topological polar surface area (TPSA) is 83.1 Å². The van der Waals surface area contributed by atoms with E-state index < -0.39 is 11.7 Å². The van der Waals surface area contributed by atoms with Gasteiger partial charge < -0.3 is 19.9 Å². The fourth-order valence-electron chi connectivity index (χ4n) is 4.17. The summed E-state index contributed by atoms with van der Waals surface area (Å²) in [6, 6.07) is 12.9. The Balaban J connectivity index is 1.47. The lowest BCUT2D eigenvalue weighted by Gasteiger charge is -2.29. The fourth-order valence-corrected chi connectivity index (χ4v) is 4.17. The molecule has 0 unspecified atom stereocenters. The third kappa shape index (κ3) is 4.97. The molecule has 0 atom stereocenters. The Morgan fingerprint density at radius 3 is 2.69 bits per heavy atom. The number of carbonyl (C=O) groups excluding carboxylic acids is 1. The summed E-state index contributed by atoms with van der Waals surface area (Å²) in [5, 5.41) is 2.76. The van der Waals surface area contributed by atoms with E-state index in [0.29, 0.717) is 54.3 Å². The van der Waals surface area contributed by atoms with Gasteiger partial charge in [0.25, 0.3) is 0 Å². The van der Waals surface area contributed by atoms with Gasteiger partial charge in [0.05, 0.1) is 48.1 Å². The number of carbonyl (C=O) groups is 1. The average Bonchev–Trinajstić information content (AvgIpc) is 3.30. The number of hydrogen-bond acceptors (Lipinski definition) is 5. The Labute approximate surface area is 199 Å². The van der Waals surface area contributed by atoms with E-state index in [9.17, 15) is 18.0 Å². The van der Waals surface area contributed by atoms with Gasteiger partial charge in [-0.05, 0) is 42.0 Å². The maximum atomic E-state index is 14.1. The minimum absolute atomic E-state index is 0.0125. The standard InChI is InChI=1S/C25H22F3N5O2/c26-25(27,28)20-14-18(33-9-11-35-12-10-33)6-7-19(20)24-31-21-5-1-3-16(23(21)32-24)13-22(34)30-17-4-2-8-29-15-17/h1-8,14-15H,9-13H2,(H,30,34)(H,31,32). The Morgan fingerprint density at radius 2 is 1.94 bits per heavy atom. The number of nitrogens with zero attached hydrogens (tertiary/aromatic N) is 3. The van der Waals surface area contributed by atoms with Crippen molar-refractivity contribution in [3.63, 3.8) is 0 Å². The van der Waals surface area contributed by atoms with Gasteiger partial charge in [0.15, 0.2) is 0 Å². The number of morpholine rings is 1. The van der Waals surface area contributed by atoms with Gasteiger partial charge in [-0.15, -0.1) is 0 Å². The van der Waals surface area contributed by atoms with Crippen LogP contribution < -0.4 is 10.2 Å². The van der Waals surface area contributed by atoms with Crippen LogP contribution in [0.2, 0.25) is 0 Å². The van der Waals surface area contributed by atoms with Crippen molar-refractivity contribution in [3.05, 3.63) is 72.1 Å². The number of pyridine rings is 1. The van der Waals surface area contributed by atoms with Gasteiger partial charge in [-0.3, -0.25) is 9.78 Å². The molecule has 7 nitrogen and oxygen atoms in total. The van der Waals surface area contributed by atoms with Crippen molar-refractivity contribution in [3.8, 4) is 11.4 Å². The molecule has 180 valence electrons. The minimum Gasteiger partial charge on any atom is -0.378 e. The summed E-state index contributed by atoms with van der Waals surface area (Å²) in [7, 11) is 0. The van der Waals surface area contributed by atoms with E-state index in [2.05, 4.69) is 20.3 Å². The van der Waals surface area contributed by atoms with E-state index in [1.165, 1.54) is 12.3 Å². The van der Waals surface area contributed by atoms with Crippen LogP contribution in [0.4, 0.5) is 24.5 Å². The molecule has 1 aliphatic rings. The zero-order valence-corrected chi connectivity index (χ0v) is 18.6. The molecule has 0 saturated carbocycles. The fraction of sp³-hybridized carbons (Fsp3) is 0.240. The molecule has 10 heteroatoms. The first-order chi connectivity index (χ1) is 16.9. The smallest absolute Gasteiger partial charge is 0.378 e. The highest BCUT2D eigenvalue weighted by molar-refractivity contribution is 5.95. The number of ether oxygens (including phenoxy) is 1. The summed E-state index contributed by atoms with van der Waals surface area (Å²) in [5.41, 5.74) is 1.85. The summed E-state index contributed by atoms with van der Waals surface area (Å²) in [6.07, 6.45) is -1.42. The van der Waals surface area contributed by atoms with Crippen LogP contribution in [0.1, 0.15) is 11.1 Å². The van der Waals surface area contributed by atoms with Crippen molar-refractivity contribution in [2.24, 2.45) is 0 Å². The number of para-hydroxylation sites is 1. The van der Waals surface area contributed by atoms with Gasteiger partial charge in [-0.2, -0.15) is 13.2 Å². The molecule has 1 aliphatic heterocycles. The quantitative estimate of drug-likeness (QED) is 0.433. The third-order valence-electron chi connectivity index (χ3n) is 5.83. The van der Waals surface area contributed by atoms with Crippen LogP contribution in [-0.4, -0.2) is 47.2 Å². The van der Waals surface area contributed by atoms with Crippen molar-refractivity contribution < 1.29 is 22.7 Å². The molecule has 1 amide bonds. The number of rotatable bonds is 5. The van der Waals surface area contributed by atoms with Gasteiger partial charge >= 0.3 is 6.18 Å². The van der Waals surface area contributed by atoms with Gasteiger partial charge in [0.1, 0.15) is 5.82 Å². The molecule has 1 saturated heterocycles. The average molecular weight is 481 g/mol. The second-order valence-electron chi connectivity index (χ2n) is 8.19. The predicted octanol–water partition coefficient (Wildman–Crippen LogP) is 4.66. The summed E-state index contributed by atoms with van der Waals surface area (Å²) in [4.78, 5) is 25.9. The molecule has 0 radical (unpaired) electrons. The minimum atomic E-state index is -4.57. The number of anilines is 2. The van der Waals surface area contributed by atoms with Crippen molar-refractivity contribution in [2.75, 3.05) is 36.5 Å². The highest BCUT2D eigenvalue weighted by Gasteiger charge is 2.35. The molecule has 0 aliphatic carbocycles. The molecular weight excluding hydrogens is 459 g/mol. The van der Waals surface area contributed by atoms with E-state index >= 15 is 0 Å². The highest BCUT2D eigenvalue weighted by atomic mass is 19.4. The van der Waals surface area contributed by atoms with Crippen LogP contribution in [0.5, 0.6) is 0 Å². The van der Waals surface area contributed by atoms with Crippen LogP contribution in [0.25, 0.3) is 22.4 Å².